The van der Waals surface area contributed by atoms with Crippen LogP contribution in [0.4, 0.5) is 0 Å². The van der Waals surface area contributed by atoms with Crippen LogP contribution >= 0.6 is 31.9 Å². The van der Waals surface area contributed by atoms with Crippen LogP contribution in [0.1, 0.15) is 36.9 Å². The van der Waals surface area contributed by atoms with Crippen molar-refractivity contribution in [3.05, 3.63) is 56.5 Å². The van der Waals surface area contributed by atoms with E-state index in [9.17, 15) is 0 Å². The zero-order chi connectivity index (χ0) is 17.6. The second kappa shape index (κ2) is 6.65. The van der Waals surface area contributed by atoms with Crippen LogP contribution in [0.15, 0.2) is 50.4 Å². The smallest absolute Gasteiger partial charge is 0.187 e. The summed E-state index contributed by atoms with van der Waals surface area (Å²) >= 11 is 7.23. The van der Waals surface area contributed by atoms with Crippen LogP contribution in [0.25, 0.3) is 0 Å². The molecule has 0 fully saturated rings. The van der Waals surface area contributed by atoms with E-state index in [1.807, 2.05) is 18.2 Å². The van der Waals surface area contributed by atoms with Crippen LogP contribution in [-0.2, 0) is 0 Å². The van der Waals surface area contributed by atoms with Gasteiger partial charge in [0.1, 0.15) is 11.5 Å². The molecule has 0 bridgehead atoms. The normalized spacial score (nSPS) is 21.3. The fraction of sp³-hybridized carbons (Fsp3) is 0.316. The maximum absolute atomic E-state index is 6.23. The minimum Gasteiger partial charge on any atom is -0.497 e. The largest absolute Gasteiger partial charge is 0.497 e. The van der Waals surface area contributed by atoms with Gasteiger partial charge in [-0.1, -0.05) is 22.9 Å². The third kappa shape index (κ3) is 2.95. The van der Waals surface area contributed by atoms with Crippen molar-refractivity contribution in [3.8, 4) is 11.5 Å². The van der Waals surface area contributed by atoms with Crippen LogP contribution < -0.4 is 9.47 Å². The van der Waals surface area contributed by atoms with Crippen LogP contribution in [0.5, 0.6) is 11.5 Å². The molecule has 2 heterocycles. The molecular weight excluding hydrogens is 448 g/mol. The minimum absolute atomic E-state index is 0.0503. The SMILES string of the molecule is CC[C@@H]1Oc2c(Br)cc(Br)cc2[C@H]2CC(c3ccc(OC)cc3)=NN12. The van der Waals surface area contributed by atoms with Crippen LogP contribution in [-0.4, -0.2) is 24.1 Å². The van der Waals surface area contributed by atoms with E-state index in [1.165, 1.54) is 5.56 Å². The summed E-state index contributed by atoms with van der Waals surface area (Å²) in [5, 5.41) is 7.01. The molecule has 4 nitrogen and oxygen atoms in total. The molecule has 6 heteroatoms. The summed E-state index contributed by atoms with van der Waals surface area (Å²) in [6, 6.07) is 12.4. The highest BCUT2D eigenvalue weighted by molar-refractivity contribution is 9.11. The molecule has 2 aromatic rings. The maximum Gasteiger partial charge on any atom is 0.187 e. The molecule has 0 amide bonds. The lowest BCUT2D eigenvalue weighted by Crippen LogP contribution is -2.39. The first-order valence-corrected chi connectivity index (χ1v) is 9.85. The van der Waals surface area contributed by atoms with E-state index in [2.05, 4.69) is 62.0 Å². The first kappa shape index (κ1) is 16.9. The first-order chi connectivity index (χ1) is 12.1. The molecule has 0 N–H and O–H groups in total. The second-order valence-electron chi connectivity index (χ2n) is 6.16. The van der Waals surface area contributed by atoms with E-state index in [0.29, 0.717) is 0 Å². The summed E-state index contributed by atoms with van der Waals surface area (Å²) in [5.41, 5.74) is 3.37. The number of halogens is 2. The van der Waals surface area contributed by atoms with E-state index in [-0.39, 0.29) is 12.3 Å². The van der Waals surface area contributed by atoms with E-state index in [0.717, 1.165) is 44.6 Å². The van der Waals surface area contributed by atoms with Crippen LogP contribution in [0.2, 0.25) is 0 Å². The highest BCUT2D eigenvalue weighted by Crippen LogP contribution is 2.47. The summed E-state index contributed by atoms with van der Waals surface area (Å²) in [6.45, 7) is 2.13. The Morgan fingerprint density at radius 3 is 2.68 bits per heavy atom. The Morgan fingerprint density at radius 1 is 1.24 bits per heavy atom. The predicted octanol–water partition coefficient (Wildman–Crippen LogP) is 5.50. The third-order valence-corrected chi connectivity index (χ3v) is 5.71. The average molecular weight is 466 g/mol. The number of nitrogens with zero attached hydrogens (tertiary/aromatic N) is 2. The Labute approximate surface area is 164 Å². The lowest BCUT2D eigenvalue weighted by Gasteiger charge is -2.38. The Kier molecular flexibility index (Phi) is 4.50. The highest BCUT2D eigenvalue weighted by atomic mass is 79.9. The molecule has 0 saturated carbocycles. The van der Waals surface area contributed by atoms with Gasteiger partial charge in [0.2, 0.25) is 0 Å². The van der Waals surface area contributed by atoms with Crippen molar-refractivity contribution in [2.45, 2.75) is 32.0 Å². The molecule has 0 saturated heterocycles. The fourth-order valence-corrected chi connectivity index (χ4v) is 4.77. The molecule has 2 aliphatic rings. The van der Waals surface area contributed by atoms with Crippen LogP contribution in [0.3, 0.4) is 0 Å². The van der Waals surface area contributed by atoms with Gasteiger partial charge in [-0.25, -0.2) is 0 Å². The van der Waals surface area contributed by atoms with Gasteiger partial charge in [-0.2, -0.15) is 5.10 Å². The quantitative estimate of drug-likeness (QED) is 0.600. The lowest BCUT2D eigenvalue weighted by atomic mass is 9.96. The zero-order valence-electron chi connectivity index (χ0n) is 14.0. The molecule has 2 atom stereocenters. The van der Waals surface area contributed by atoms with E-state index in [1.54, 1.807) is 7.11 Å². The number of hydrogen-bond donors (Lipinski definition) is 0. The molecule has 2 aromatic carbocycles. The number of methoxy groups -OCH3 is 1. The number of fused-ring (bicyclic) bond motifs is 3. The molecule has 0 radical (unpaired) electrons. The molecule has 0 spiro atoms. The Hall–Kier alpha value is -1.53. The Bertz CT molecular complexity index is 836. The summed E-state index contributed by atoms with van der Waals surface area (Å²) in [6.07, 6.45) is 1.69. The number of benzene rings is 2. The van der Waals surface area contributed by atoms with Gasteiger partial charge in [0, 0.05) is 22.9 Å². The number of rotatable bonds is 3. The van der Waals surface area contributed by atoms with E-state index >= 15 is 0 Å². The molecule has 0 aromatic heterocycles. The zero-order valence-corrected chi connectivity index (χ0v) is 17.2. The molecule has 4 rings (SSSR count). The minimum atomic E-state index is -0.0503. The summed E-state index contributed by atoms with van der Waals surface area (Å²) in [5.74, 6) is 1.79. The van der Waals surface area contributed by atoms with Gasteiger partial charge < -0.3 is 9.47 Å². The molecule has 2 aliphatic heterocycles. The van der Waals surface area contributed by atoms with Gasteiger partial charge in [0.05, 0.1) is 23.3 Å². The van der Waals surface area contributed by atoms with Gasteiger partial charge in [0.15, 0.2) is 6.23 Å². The molecule has 0 aliphatic carbocycles. The van der Waals surface area contributed by atoms with Gasteiger partial charge in [-0.3, -0.25) is 5.01 Å². The first-order valence-electron chi connectivity index (χ1n) is 8.26. The third-order valence-electron chi connectivity index (χ3n) is 4.66. The molecule has 130 valence electrons. The molecule has 25 heavy (non-hydrogen) atoms. The fourth-order valence-electron chi connectivity index (χ4n) is 3.42. The van der Waals surface area contributed by atoms with Gasteiger partial charge in [-0.15, -0.1) is 0 Å². The van der Waals surface area contributed by atoms with Crippen molar-refractivity contribution in [3.63, 3.8) is 0 Å². The topological polar surface area (TPSA) is 34.1 Å². The lowest BCUT2D eigenvalue weighted by molar-refractivity contribution is -0.0195. The van der Waals surface area contributed by atoms with Gasteiger partial charge in [-0.05, 0) is 57.9 Å². The van der Waals surface area contributed by atoms with Gasteiger partial charge >= 0.3 is 0 Å². The molecule has 0 unspecified atom stereocenters. The Morgan fingerprint density at radius 2 is 2.00 bits per heavy atom. The van der Waals surface area contributed by atoms with E-state index in [4.69, 9.17) is 14.6 Å². The summed E-state index contributed by atoms with van der Waals surface area (Å²) < 4.78 is 13.5. The summed E-state index contributed by atoms with van der Waals surface area (Å²) in [4.78, 5) is 0. The number of ether oxygens (including phenoxy) is 2. The highest BCUT2D eigenvalue weighted by Gasteiger charge is 2.40. The van der Waals surface area contributed by atoms with Crippen LogP contribution in [0, 0.1) is 0 Å². The molecular formula is C19H18Br2N2O2. The van der Waals surface area contributed by atoms with Crippen molar-refractivity contribution in [1.82, 2.24) is 5.01 Å². The van der Waals surface area contributed by atoms with E-state index < -0.39 is 0 Å². The average Bonchev–Trinajstić information content (AvgIpc) is 3.07. The monoisotopic (exact) mass is 464 g/mol. The van der Waals surface area contributed by atoms with Crippen molar-refractivity contribution in [1.29, 1.82) is 0 Å². The van der Waals surface area contributed by atoms with Gasteiger partial charge in [0.25, 0.3) is 0 Å². The standard InChI is InChI=1S/C19H18Br2N2O2/c1-3-18-23-17(14-8-12(20)9-15(21)19(14)25-18)10-16(22-23)11-4-6-13(24-2)7-5-11/h4-9,17-18H,3,10H2,1-2H3/t17-,18+/m1/s1. The van der Waals surface area contributed by atoms with Crippen molar-refractivity contribution in [2.75, 3.05) is 7.11 Å². The summed E-state index contributed by atoms with van der Waals surface area (Å²) in [7, 11) is 1.68. The second-order valence-corrected chi connectivity index (χ2v) is 7.93. The van der Waals surface area contributed by atoms with Crippen molar-refractivity contribution in [2.24, 2.45) is 5.10 Å². The predicted molar refractivity (Wildman–Crippen MR) is 105 cm³/mol. The number of hydrazone groups is 1. The number of hydrogen-bond acceptors (Lipinski definition) is 4. The van der Waals surface area contributed by atoms with Crippen molar-refractivity contribution < 1.29 is 9.47 Å². The Balaban J connectivity index is 1.72. The van der Waals surface area contributed by atoms with Crippen molar-refractivity contribution >= 4 is 37.6 Å². The maximum atomic E-state index is 6.23.